The summed E-state index contributed by atoms with van der Waals surface area (Å²) in [6, 6.07) is 18.2. The van der Waals surface area contributed by atoms with Gasteiger partial charge in [-0.05, 0) is 43.7 Å². The first kappa shape index (κ1) is 23.2. The van der Waals surface area contributed by atoms with Gasteiger partial charge in [0.05, 0.1) is 25.9 Å². The molecule has 29 heavy (non-hydrogen) atoms. The Morgan fingerprint density at radius 2 is 1.55 bits per heavy atom. The molecule has 0 aliphatic carbocycles. The van der Waals surface area contributed by atoms with E-state index in [1.807, 2.05) is 68.4 Å². The van der Waals surface area contributed by atoms with E-state index in [4.69, 9.17) is 18.9 Å². The second kappa shape index (κ2) is 13.2. The van der Waals surface area contributed by atoms with Gasteiger partial charge < -0.3 is 24.3 Å². The average Bonchev–Trinajstić information content (AvgIpc) is 2.71. The second-order valence-corrected chi connectivity index (χ2v) is 7.54. The van der Waals surface area contributed by atoms with Crippen LogP contribution in [0.1, 0.15) is 33.3 Å². The van der Waals surface area contributed by atoms with E-state index in [0.29, 0.717) is 32.5 Å². The lowest BCUT2D eigenvalue weighted by Crippen LogP contribution is -2.39. The summed E-state index contributed by atoms with van der Waals surface area (Å²) < 4.78 is 23.2. The number of para-hydroxylation sites is 1. The second-order valence-electron chi connectivity index (χ2n) is 7.54. The zero-order valence-electron chi connectivity index (χ0n) is 18.1. The molecule has 0 radical (unpaired) electrons. The van der Waals surface area contributed by atoms with Crippen LogP contribution in [0.4, 0.5) is 0 Å². The number of rotatable bonds is 14. The maximum Gasteiger partial charge on any atom is 0.145 e. The largest absolute Gasteiger partial charge is 0.490 e. The van der Waals surface area contributed by atoms with Crippen molar-refractivity contribution in [3.05, 3.63) is 60.2 Å². The van der Waals surface area contributed by atoms with Gasteiger partial charge in [0.2, 0.25) is 0 Å². The van der Waals surface area contributed by atoms with Gasteiger partial charge in [0.15, 0.2) is 0 Å². The molecule has 160 valence electrons. The van der Waals surface area contributed by atoms with Crippen molar-refractivity contribution in [1.29, 1.82) is 0 Å². The van der Waals surface area contributed by atoms with E-state index in [9.17, 15) is 0 Å². The summed E-state index contributed by atoms with van der Waals surface area (Å²) in [5.74, 6) is 1.67. The molecule has 0 spiro atoms. The molecular weight excluding hydrogens is 366 g/mol. The summed E-state index contributed by atoms with van der Waals surface area (Å²) >= 11 is 0. The molecule has 0 saturated heterocycles. The highest BCUT2D eigenvalue weighted by molar-refractivity contribution is 5.27. The third kappa shape index (κ3) is 10.3. The molecule has 2 aromatic rings. The Kier molecular flexibility index (Phi) is 10.6. The van der Waals surface area contributed by atoms with Crippen molar-refractivity contribution in [3.8, 4) is 11.5 Å². The van der Waals surface area contributed by atoms with Gasteiger partial charge in [-0.2, -0.15) is 0 Å². The molecule has 2 rings (SSSR count). The molecule has 5 nitrogen and oxygen atoms in total. The number of ether oxygens (including phenoxy) is 4. The van der Waals surface area contributed by atoms with Gasteiger partial charge in [0.1, 0.15) is 24.2 Å². The quantitative estimate of drug-likeness (QED) is 0.474. The van der Waals surface area contributed by atoms with Crippen LogP contribution in [0.25, 0.3) is 0 Å². The molecule has 1 N–H and O–H groups in total. The molecule has 0 bridgehead atoms. The Balaban J connectivity index is 1.78. The average molecular weight is 402 g/mol. The predicted octanol–water partition coefficient (Wildman–Crippen LogP) is 4.45. The zero-order chi connectivity index (χ0) is 20.9. The maximum atomic E-state index is 6.08. The van der Waals surface area contributed by atoms with Crippen LogP contribution in [-0.4, -0.2) is 44.6 Å². The highest BCUT2D eigenvalue weighted by Gasteiger charge is 2.12. The minimum absolute atomic E-state index is 0.0798. The summed E-state index contributed by atoms with van der Waals surface area (Å²) in [4.78, 5) is 0. The fraction of sp³-hybridized carbons (Fsp3) is 0.500. The number of benzene rings is 2. The van der Waals surface area contributed by atoms with Crippen LogP contribution in [0.3, 0.4) is 0 Å². The molecule has 5 heteroatoms. The van der Waals surface area contributed by atoms with Crippen LogP contribution in [-0.2, 0) is 16.1 Å². The van der Waals surface area contributed by atoms with Crippen LogP contribution in [0.15, 0.2) is 54.6 Å². The lowest BCUT2D eigenvalue weighted by Gasteiger charge is -2.21. The van der Waals surface area contributed by atoms with Gasteiger partial charge >= 0.3 is 0 Å². The predicted molar refractivity (Wildman–Crippen MR) is 117 cm³/mol. The molecule has 1 unspecified atom stereocenters. The summed E-state index contributed by atoms with van der Waals surface area (Å²) in [7, 11) is 0. The van der Waals surface area contributed by atoms with E-state index in [0.717, 1.165) is 23.6 Å². The topological polar surface area (TPSA) is 49.0 Å². The van der Waals surface area contributed by atoms with E-state index in [1.54, 1.807) is 0 Å². The standard InChI is InChI=1S/C24H35NO4/c1-19(2)25-16-24(29-23-8-6-5-7-9-23)18-28-22-12-10-21(11-13-22)17-26-14-15-27-20(3)4/h5-13,19-20,24-25H,14-18H2,1-4H3. The zero-order valence-corrected chi connectivity index (χ0v) is 18.1. The van der Waals surface area contributed by atoms with Gasteiger partial charge in [0.25, 0.3) is 0 Å². The maximum absolute atomic E-state index is 6.08. The third-order valence-electron chi connectivity index (χ3n) is 4.11. The Hall–Kier alpha value is -2.08. The fourth-order valence-corrected chi connectivity index (χ4v) is 2.60. The van der Waals surface area contributed by atoms with Crippen molar-refractivity contribution in [1.82, 2.24) is 5.32 Å². The first-order valence-corrected chi connectivity index (χ1v) is 10.4. The van der Waals surface area contributed by atoms with Crippen LogP contribution in [0, 0.1) is 0 Å². The van der Waals surface area contributed by atoms with Crippen molar-refractivity contribution in [2.45, 2.75) is 52.6 Å². The highest BCUT2D eigenvalue weighted by atomic mass is 16.5. The SMILES string of the molecule is CC(C)NCC(COc1ccc(COCCOC(C)C)cc1)Oc1ccccc1. The van der Waals surface area contributed by atoms with Gasteiger partial charge in [0, 0.05) is 12.6 Å². The van der Waals surface area contributed by atoms with Crippen molar-refractivity contribution in [2.24, 2.45) is 0 Å². The smallest absolute Gasteiger partial charge is 0.145 e. The Morgan fingerprint density at radius 1 is 0.828 bits per heavy atom. The van der Waals surface area contributed by atoms with E-state index in [1.165, 1.54) is 0 Å². The number of nitrogens with one attached hydrogen (secondary N) is 1. The molecule has 0 aliphatic rings. The molecular formula is C24H35NO4. The van der Waals surface area contributed by atoms with Gasteiger partial charge in [-0.3, -0.25) is 0 Å². The lowest BCUT2D eigenvalue weighted by molar-refractivity contribution is 0.0143. The summed E-state index contributed by atoms with van der Waals surface area (Å²) in [6.45, 7) is 11.3. The van der Waals surface area contributed by atoms with Crippen LogP contribution >= 0.6 is 0 Å². The van der Waals surface area contributed by atoms with Crippen LogP contribution in [0.2, 0.25) is 0 Å². The molecule has 0 heterocycles. The van der Waals surface area contributed by atoms with E-state index < -0.39 is 0 Å². The Morgan fingerprint density at radius 3 is 2.21 bits per heavy atom. The van der Waals surface area contributed by atoms with Crippen molar-refractivity contribution in [2.75, 3.05) is 26.4 Å². The highest BCUT2D eigenvalue weighted by Crippen LogP contribution is 2.15. The molecule has 0 aliphatic heterocycles. The van der Waals surface area contributed by atoms with Gasteiger partial charge in [-0.15, -0.1) is 0 Å². The van der Waals surface area contributed by atoms with E-state index >= 15 is 0 Å². The Bertz CT molecular complexity index is 658. The van der Waals surface area contributed by atoms with Crippen LogP contribution < -0.4 is 14.8 Å². The van der Waals surface area contributed by atoms with Crippen molar-refractivity contribution >= 4 is 0 Å². The first-order valence-electron chi connectivity index (χ1n) is 10.4. The van der Waals surface area contributed by atoms with E-state index in [2.05, 4.69) is 19.2 Å². The Labute approximate surface area is 175 Å². The van der Waals surface area contributed by atoms with Crippen LogP contribution in [0.5, 0.6) is 11.5 Å². The normalized spacial score (nSPS) is 12.3. The van der Waals surface area contributed by atoms with Crippen molar-refractivity contribution < 1.29 is 18.9 Å². The lowest BCUT2D eigenvalue weighted by atomic mass is 10.2. The summed E-state index contributed by atoms with van der Waals surface area (Å²) in [6.07, 6.45) is 0.157. The van der Waals surface area contributed by atoms with Gasteiger partial charge in [-0.1, -0.05) is 44.2 Å². The monoisotopic (exact) mass is 401 g/mol. The minimum atomic E-state index is -0.0798. The van der Waals surface area contributed by atoms with Gasteiger partial charge in [-0.25, -0.2) is 0 Å². The molecule has 0 aromatic heterocycles. The molecule has 1 atom stereocenters. The molecule has 2 aromatic carbocycles. The first-order chi connectivity index (χ1) is 14.0. The summed E-state index contributed by atoms with van der Waals surface area (Å²) in [5, 5.41) is 3.42. The molecule has 0 saturated carbocycles. The number of hydrogen-bond donors (Lipinski definition) is 1. The van der Waals surface area contributed by atoms with E-state index in [-0.39, 0.29) is 12.2 Å². The van der Waals surface area contributed by atoms with Crippen molar-refractivity contribution in [3.63, 3.8) is 0 Å². The molecule has 0 fully saturated rings. The third-order valence-corrected chi connectivity index (χ3v) is 4.11. The molecule has 0 amide bonds. The fourth-order valence-electron chi connectivity index (χ4n) is 2.60. The summed E-state index contributed by atoms with van der Waals surface area (Å²) in [5.41, 5.74) is 1.11. The number of hydrogen-bond acceptors (Lipinski definition) is 5. The minimum Gasteiger partial charge on any atom is -0.490 e.